The fraction of sp³-hybridized carbons (Fsp3) is 0.667. The van der Waals surface area contributed by atoms with Crippen LogP contribution in [0.5, 0.6) is 0 Å². The smallest absolute Gasteiger partial charge is 0.223 e. The first-order chi connectivity index (χ1) is 9.74. The van der Waals surface area contributed by atoms with Gasteiger partial charge in [-0.2, -0.15) is 0 Å². The predicted molar refractivity (Wildman–Crippen MR) is 76.5 cm³/mol. The Labute approximate surface area is 119 Å². The third-order valence-corrected chi connectivity index (χ3v) is 4.36. The van der Waals surface area contributed by atoms with E-state index in [1.54, 1.807) is 6.26 Å². The van der Waals surface area contributed by atoms with Gasteiger partial charge in [0.2, 0.25) is 5.91 Å². The molecule has 110 valence electrons. The van der Waals surface area contributed by atoms with Gasteiger partial charge >= 0.3 is 0 Å². The number of carbonyl (C=O) groups is 1. The first-order valence-corrected chi connectivity index (χ1v) is 7.46. The van der Waals surface area contributed by atoms with Crippen LogP contribution in [0.2, 0.25) is 0 Å². The van der Waals surface area contributed by atoms with Crippen LogP contribution >= 0.6 is 0 Å². The second-order valence-corrected chi connectivity index (χ2v) is 5.90. The van der Waals surface area contributed by atoms with Crippen molar-refractivity contribution in [1.29, 1.82) is 0 Å². The monoisotopic (exact) mass is 277 g/mol. The first kappa shape index (κ1) is 13.6. The van der Waals surface area contributed by atoms with E-state index in [0.29, 0.717) is 5.92 Å². The van der Waals surface area contributed by atoms with Gasteiger partial charge in [-0.3, -0.25) is 9.69 Å². The van der Waals surface area contributed by atoms with Crippen LogP contribution in [0.15, 0.2) is 22.8 Å². The molecule has 1 aliphatic carbocycles. The van der Waals surface area contributed by atoms with Crippen molar-refractivity contribution in [2.45, 2.75) is 12.3 Å². The summed E-state index contributed by atoms with van der Waals surface area (Å²) >= 11 is 0. The highest BCUT2D eigenvalue weighted by Gasteiger charge is 2.45. The second kappa shape index (κ2) is 5.97. The van der Waals surface area contributed by atoms with Crippen molar-refractivity contribution >= 4 is 5.91 Å². The van der Waals surface area contributed by atoms with E-state index in [4.69, 9.17) is 4.42 Å². The van der Waals surface area contributed by atoms with Crippen LogP contribution in [0.25, 0.3) is 0 Å². The number of amides is 1. The Kier molecular flexibility index (Phi) is 4.08. The van der Waals surface area contributed by atoms with Gasteiger partial charge < -0.3 is 14.6 Å². The van der Waals surface area contributed by atoms with Gasteiger partial charge in [0.1, 0.15) is 5.76 Å². The van der Waals surface area contributed by atoms with E-state index in [1.165, 1.54) is 0 Å². The Hall–Kier alpha value is -1.33. The van der Waals surface area contributed by atoms with Gasteiger partial charge in [0.15, 0.2) is 0 Å². The molecule has 1 aliphatic heterocycles. The molecule has 5 heteroatoms. The fourth-order valence-electron chi connectivity index (χ4n) is 2.84. The predicted octanol–water partition coefficient (Wildman–Crippen LogP) is 0.747. The minimum atomic E-state index is 0.119. The summed E-state index contributed by atoms with van der Waals surface area (Å²) in [6.07, 6.45) is 2.60. The zero-order valence-electron chi connectivity index (χ0n) is 12.0. The summed E-state index contributed by atoms with van der Waals surface area (Å²) in [7, 11) is 2.15. The maximum atomic E-state index is 12.0. The molecule has 0 spiro atoms. The molecule has 2 fully saturated rings. The van der Waals surface area contributed by atoms with Gasteiger partial charge in [0.25, 0.3) is 0 Å². The van der Waals surface area contributed by atoms with Gasteiger partial charge in [-0.25, -0.2) is 0 Å². The molecule has 0 radical (unpaired) electrons. The number of rotatable bonds is 5. The minimum Gasteiger partial charge on any atom is -0.469 e. The summed E-state index contributed by atoms with van der Waals surface area (Å²) in [5.41, 5.74) is 0. The lowest BCUT2D eigenvalue weighted by atomic mass is 10.2. The molecule has 3 rings (SSSR count). The van der Waals surface area contributed by atoms with E-state index in [0.717, 1.165) is 51.4 Å². The molecule has 20 heavy (non-hydrogen) atoms. The van der Waals surface area contributed by atoms with Crippen molar-refractivity contribution in [1.82, 2.24) is 15.1 Å². The summed E-state index contributed by atoms with van der Waals surface area (Å²) in [6.45, 7) is 6.16. The van der Waals surface area contributed by atoms with Gasteiger partial charge in [0.05, 0.1) is 6.26 Å². The molecule has 2 atom stereocenters. The van der Waals surface area contributed by atoms with Crippen LogP contribution in [-0.4, -0.2) is 62.0 Å². The molecule has 1 aromatic rings. The van der Waals surface area contributed by atoms with Crippen LogP contribution in [0, 0.1) is 5.92 Å². The number of hydrogen-bond acceptors (Lipinski definition) is 4. The quantitative estimate of drug-likeness (QED) is 0.863. The Morgan fingerprint density at radius 2 is 2.20 bits per heavy atom. The topological polar surface area (TPSA) is 48.7 Å². The Morgan fingerprint density at radius 1 is 1.40 bits per heavy atom. The Balaban J connectivity index is 1.34. The maximum absolute atomic E-state index is 12.0. The van der Waals surface area contributed by atoms with Gasteiger partial charge in [-0.05, 0) is 25.6 Å². The minimum absolute atomic E-state index is 0.119. The number of likely N-dealkylation sites (N-methyl/N-ethyl adjacent to an activating group) is 1. The largest absolute Gasteiger partial charge is 0.469 e. The summed E-state index contributed by atoms with van der Waals surface area (Å²) in [5.74, 6) is 1.55. The average molecular weight is 277 g/mol. The molecule has 1 aromatic heterocycles. The van der Waals surface area contributed by atoms with Gasteiger partial charge in [0, 0.05) is 51.1 Å². The van der Waals surface area contributed by atoms with E-state index in [2.05, 4.69) is 22.2 Å². The molecule has 0 aromatic carbocycles. The molecule has 5 nitrogen and oxygen atoms in total. The highest BCUT2D eigenvalue weighted by Crippen LogP contribution is 2.47. The third-order valence-electron chi connectivity index (χ3n) is 4.36. The van der Waals surface area contributed by atoms with Crippen molar-refractivity contribution < 1.29 is 9.21 Å². The second-order valence-electron chi connectivity index (χ2n) is 5.90. The number of carbonyl (C=O) groups excluding carboxylic acids is 1. The average Bonchev–Trinajstić information content (AvgIpc) is 3.07. The van der Waals surface area contributed by atoms with Crippen molar-refractivity contribution in [3.63, 3.8) is 0 Å². The molecular weight excluding hydrogens is 254 g/mol. The Morgan fingerprint density at radius 3 is 2.90 bits per heavy atom. The van der Waals surface area contributed by atoms with Crippen LogP contribution in [0.1, 0.15) is 18.1 Å². The lowest BCUT2D eigenvalue weighted by Gasteiger charge is -2.32. The third kappa shape index (κ3) is 3.22. The van der Waals surface area contributed by atoms with E-state index < -0.39 is 0 Å². The van der Waals surface area contributed by atoms with Crippen LogP contribution in [0.4, 0.5) is 0 Å². The molecule has 1 saturated heterocycles. The lowest BCUT2D eigenvalue weighted by molar-refractivity contribution is -0.122. The highest BCUT2D eigenvalue weighted by atomic mass is 16.3. The molecule has 1 amide bonds. The normalized spacial score (nSPS) is 27.4. The zero-order valence-corrected chi connectivity index (χ0v) is 12.0. The molecule has 0 unspecified atom stereocenters. The number of furan rings is 1. The zero-order chi connectivity index (χ0) is 13.9. The SMILES string of the molecule is CN1CCN(CCNC(=O)[C@H]2C[C@H]2c2ccco2)CC1. The highest BCUT2D eigenvalue weighted by molar-refractivity contribution is 5.82. The summed E-state index contributed by atoms with van der Waals surface area (Å²) < 4.78 is 5.35. The lowest BCUT2D eigenvalue weighted by Crippen LogP contribution is -2.47. The molecule has 2 heterocycles. The maximum Gasteiger partial charge on any atom is 0.223 e. The van der Waals surface area contributed by atoms with E-state index in [1.807, 2.05) is 12.1 Å². The van der Waals surface area contributed by atoms with Gasteiger partial charge in [-0.15, -0.1) is 0 Å². The Bertz CT molecular complexity index is 438. The number of nitrogens with zero attached hydrogens (tertiary/aromatic N) is 2. The molecule has 2 aliphatic rings. The van der Waals surface area contributed by atoms with Crippen LogP contribution in [0.3, 0.4) is 0 Å². The first-order valence-electron chi connectivity index (χ1n) is 7.46. The molecule has 1 N–H and O–H groups in total. The van der Waals surface area contributed by atoms with Crippen LogP contribution in [-0.2, 0) is 4.79 Å². The molecular formula is C15H23N3O2. The number of piperazine rings is 1. The summed E-state index contributed by atoms with van der Waals surface area (Å²) in [5, 5.41) is 3.06. The van der Waals surface area contributed by atoms with Crippen LogP contribution < -0.4 is 5.32 Å². The number of hydrogen-bond donors (Lipinski definition) is 1. The van der Waals surface area contributed by atoms with Crippen molar-refractivity contribution in [3.05, 3.63) is 24.2 Å². The van der Waals surface area contributed by atoms with E-state index in [-0.39, 0.29) is 11.8 Å². The molecule has 1 saturated carbocycles. The van der Waals surface area contributed by atoms with E-state index >= 15 is 0 Å². The summed E-state index contributed by atoms with van der Waals surface area (Å²) in [6, 6.07) is 3.85. The van der Waals surface area contributed by atoms with Crippen molar-refractivity contribution in [2.24, 2.45) is 5.92 Å². The summed E-state index contributed by atoms with van der Waals surface area (Å²) in [4.78, 5) is 16.8. The molecule has 0 bridgehead atoms. The van der Waals surface area contributed by atoms with Gasteiger partial charge in [-0.1, -0.05) is 0 Å². The standard InChI is InChI=1S/C15H23N3O2/c1-17-6-8-18(9-7-17)5-4-16-15(19)13-11-12(13)14-3-2-10-20-14/h2-3,10,12-13H,4-9,11H2,1H3,(H,16,19)/t12-,13+/m1/s1. The van der Waals surface area contributed by atoms with E-state index in [9.17, 15) is 4.79 Å². The van der Waals surface area contributed by atoms with Crippen molar-refractivity contribution in [2.75, 3.05) is 46.3 Å². The number of nitrogens with one attached hydrogen (secondary N) is 1. The fourth-order valence-corrected chi connectivity index (χ4v) is 2.84. The van der Waals surface area contributed by atoms with Crippen molar-refractivity contribution in [3.8, 4) is 0 Å².